The molecule has 0 aliphatic carbocycles. The van der Waals surface area contributed by atoms with Gasteiger partial charge in [0.15, 0.2) is 12.7 Å². The first-order chi connectivity index (χ1) is 11.3. The van der Waals surface area contributed by atoms with Crippen LogP contribution in [0.15, 0.2) is 73.1 Å². The summed E-state index contributed by atoms with van der Waals surface area (Å²) in [4.78, 5) is 4.60. The van der Waals surface area contributed by atoms with Gasteiger partial charge in [-0.3, -0.25) is 0 Å². The van der Waals surface area contributed by atoms with Crippen molar-refractivity contribution in [1.82, 2.24) is 4.98 Å². The van der Waals surface area contributed by atoms with Crippen LogP contribution < -0.4 is 9.30 Å². The van der Waals surface area contributed by atoms with Crippen molar-refractivity contribution in [3.05, 3.63) is 78.6 Å². The Morgan fingerprint density at radius 2 is 1.70 bits per heavy atom. The van der Waals surface area contributed by atoms with Crippen molar-refractivity contribution in [3.8, 4) is 5.75 Å². The van der Waals surface area contributed by atoms with Gasteiger partial charge in [-0.15, -0.1) is 0 Å². The van der Waals surface area contributed by atoms with E-state index in [1.165, 1.54) is 16.5 Å². The maximum atomic E-state index is 5.23. The van der Waals surface area contributed by atoms with Gasteiger partial charge in [-0.05, 0) is 42.5 Å². The molecule has 2 aromatic carbocycles. The highest BCUT2D eigenvalue weighted by atomic mass is 16.5. The van der Waals surface area contributed by atoms with Crippen molar-refractivity contribution in [2.75, 3.05) is 7.11 Å². The average molecular weight is 301 g/mol. The third-order valence-corrected chi connectivity index (χ3v) is 4.12. The zero-order chi connectivity index (χ0) is 15.6. The van der Waals surface area contributed by atoms with Crippen LogP contribution in [0.1, 0.15) is 5.56 Å². The van der Waals surface area contributed by atoms with Crippen molar-refractivity contribution in [2.45, 2.75) is 6.54 Å². The summed E-state index contributed by atoms with van der Waals surface area (Å²) in [6.45, 7) is 0.803. The zero-order valence-corrected chi connectivity index (χ0v) is 12.9. The molecule has 0 amide bonds. The summed E-state index contributed by atoms with van der Waals surface area (Å²) in [5.74, 6) is 0.879. The van der Waals surface area contributed by atoms with E-state index in [2.05, 4.69) is 58.2 Å². The lowest BCUT2D eigenvalue weighted by Crippen LogP contribution is -2.34. The molecular formula is C20H17N2O+. The van der Waals surface area contributed by atoms with Crippen LogP contribution in [-0.2, 0) is 6.54 Å². The lowest BCUT2D eigenvalue weighted by atomic mass is 10.1. The van der Waals surface area contributed by atoms with Crippen LogP contribution in [0.25, 0.3) is 21.8 Å². The Balaban J connectivity index is 1.87. The van der Waals surface area contributed by atoms with Crippen LogP contribution in [0.5, 0.6) is 5.75 Å². The summed E-state index contributed by atoms with van der Waals surface area (Å²) in [7, 11) is 1.69. The van der Waals surface area contributed by atoms with Gasteiger partial charge in [0.05, 0.1) is 7.11 Å². The van der Waals surface area contributed by atoms with Crippen molar-refractivity contribution in [3.63, 3.8) is 0 Å². The Labute approximate surface area is 134 Å². The van der Waals surface area contributed by atoms with Gasteiger partial charge >= 0.3 is 0 Å². The fraction of sp³-hybridized carbons (Fsp3) is 0.100. The van der Waals surface area contributed by atoms with Gasteiger partial charge in [0.25, 0.3) is 0 Å². The van der Waals surface area contributed by atoms with E-state index in [1.807, 2.05) is 24.4 Å². The molecule has 3 heteroatoms. The van der Waals surface area contributed by atoms with Crippen molar-refractivity contribution < 1.29 is 9.30 Å². The van der Waals surface area contributed by atoms with Crippen LogP contribution in [0.4, 0.5) is 0 Å². The topological polar surface area (TPSA) is 26.0 Å². The minimum atomic E-state index is 0.803. The number of ether oxygens (including phenoxy) is 1. The quantitative estimate of drug-likeness (QED) is 0.426. The molecule has 0 aliphatic rings. The molecule has 0 spiro atoms. The lowest BCUT2D eigenvalue weighted by Gasteiger charge is -2.05. The molecule has 0 unspecified atom stereocenters. The Morgan fingerprint density at radius 3 is 2.52 bits per heavy atom. The normalized spacial score (nSPS) is 11.0. The average Bonchev–Trinajstić information content (AvgIpc) is 2.62. The minimum Gasteiger partial charge on any atom is -0.497 e. The van der Waals surface area contributed by atoms with Crippen LogP contribution in [0.3, 0.4) is 0 Å². The van der Waals surface area contributed by atoms with Crippen LogP contribution in [0.2, 0.25) is 0 Å². The second-order valence-electron chi connectivity index (χ2n) is 5.56. The SMILES string of the molecule is COc1ccc(C[n+]2cccc3ccc4cccnc4c32)cc1. The van der Waals surface area contributed by atoms with Crippen molar-refractivity contribution >= 4 is 21.8 Å². The van der Waals surface area contributed by atoms with Crippen LogP contribution in [-0.4, -0.2) is 12.1 Å². The molecule has 0 radical (unpaired) electrons. The number of methoxy groups -OCH3 is 1. The molecule has 2 aromatic heterocycles. The molecule has 0 aliphatic heterocycles. The van der Waals surface area contributed by atoms with E-state index < -0.39 is 0 Å². The first kappa shape index (κ1) is 13.7. The van der Waals surface area contributed by atoms with Crippen molar-refractivity contribution in [2.24, 2.45) is 0 Å². The molecule has 0 saturated carbocycles. The second-order valence-corrected chi connectivity index (χ2v) is 5.56. The van der Waals surface area contributed by atoms with Crippen LogP contribution >= 0.6 is 0 Å². The Bertz CT molecular complexity index is 978. The van der Waals surface area contributed by atoms with Crippen LogP contribution in [0, 0.1) is 0 Å². The number of pyridine rings is 2. The summed E-state index contributed by atoms with van der Waals surface area (Å²) >= 11 is 0. The van der Waals surface area contributed by atoms with Gasteiger partial charge in [-0.25, -0.2) is 4.98 Å². The van der Waals surface area contributed by atoms with Gasteiger partial charge in [-0.2, -0.15) is 4.57 Å². The molecule has 23 heavy (non-hydrogen) atoms. The lowest BCUT2D eigenvalue weighted by molar-refractivity contribution is -0.661. The van der Waals surface area contributed by atoms with Crippen molar-refractivity contribution in [1.29, 1.82) is 0 Å². The molecule has 2 heterocycles. The first-order valence-electron chi connectivity index (χ1n) is 7.64. The van der Waals surface area contributed by atoms with E-state index in [0.717, 1.165) is 23.2 Å². The third-order valence-electron chi connectivity index (χ3n) is 4.12. The molecule has 0 bridgehead atoms. The molecule has 4 aromatic rings. The number of hydrogen-bond donors (Lipinski definition) is 0. The maximum Gasteiger partial charge on any atom is 0.239 e. The molecular weight excluding hydrogens is 284 g/mol. The maximum absolute atomic E-state index is 5.23. The molecule has 4 rings (SSSR count). The Hall–Kier alpha value is -2.94. The number of aromatic nitrogens is 2. The fourth-order valence-electron chi connectivity index (χ4n) is 2.97. The number of nitrogens with zero attached hydrogens (tertiary/aromatic N) is 2. The Kier molecular flexibility index (Phi) is 3.39. The van der Waals surface area contributed by atoms with Gasteiger partial charge < -0.3 is 4.74 Å². The third kappa shape index (κ3) is 2.50. The summed E-state index contributed by atoms with van der Waals surface area (Å²) in [5, 5.41) is 2.36. The first-order valence-corrected chi connectivity index (χ1v) is 7.64. The summed E-state index contributed by atoms with van der Waals surface area (Å²) in [5.41, 5.74) is 3.44. The summed E-state index contributed by atoms with van der Waals surface area (Å²) in [6.07, 6.45) is 3.97. The van der Waals surface area contributed by atoms with Gasteiger partial charge in [0, 0.05) is 28.6 Å². The van der Waals surface area contributed by atoms with E-state index in [1.54, 1.807) is 7.11 Å². The number of benzene rings is 2. The highest BCUT2D eigenvalue weighted by Crippen LogP contribution is 2.20. The highest BCUT2D eigenvalue weighted by molar-refractivity contribution is 6.00. The molecule has 0 N–H and O–H groups in total. The van der Waals surface area contributed by atoms with Gasteiger partial charge in [0.1, 0.15) is 11.3 Å². The minimum absolute atomic E-state index is 0.803. The number of fused-ring (bicyclic) bond motifs is 3. The standard InChI is InChI=1S/C20H17N2O/c1-23-18-10-6-15(7-11-18)14-22-13-3-5-17-9-8-16-4-2-12-21-19(16)20(17)22/h2-13H,14H2,1H3/q+1. The second kappa shape index (κ2) is 5.69. The smallest absolute Gasteiger partial charge is 0.239 e. The van der Waals surface area contributed by atoms with E-state index in [-0.39, 0.29) is 0 Å². The number of rotatable bonds is 3. The predicted molar refractivity (Wildman–Crippen MR) is 91.5 cm³/mol. The molecule has 3 nitrogen and oxygen atoms in total. The highest BCUT2D eigenvalue weighted by Gasteiger charge is 2.14. The van der Waals surface area contributed by atoms with E-state index in [9.17, 15) is 0 Å². The van der Waals surface area contributed by atoms with Gasteiger partial charge in [0.2, 0.25) is 5.52 Å². The molecule has 0 saturated heterocycles. The number of hydrogen-bond acceptors (Lipinski definition) is 2. The molecule has 0 atom stereocenters. The molecule has 0 fully saturated rings. The largest absolute Gasteiger partial charge is 0.497 e. The summed E-state index contributed by atoms with van der Waals surface area (Å²) < 4.78 is 7.49. The Morgan fingerprint density at radius 1 is 0.913 bits per heavy atom. The van der Waals surface area contributed by atoms with E-state index >= 15 is 0 Å². The van der Waals surface area contributed by atoms with E-state index in [4.69, 9.17) is 4.74 Å². The predicted octanol–water partition coefficient (Wildman–Crippen LogP) is 3.73. The van der Waals surface area contributed by atoms with Gasteiger partial charge in [-0.1, -0.05) is 12.1 Å². The van der Waals surface area contributed by atoms with E-state index in [0.29, 0.717) is 0 Å². The summed E-state index contributed by atoms with van der Waals surface area (Å²) in [6, 6.07) is 20.8. The zero-order valence-electron chi connectivity index (χ0n) is 12.9. The molecule has 112 valence electrons. The monoisotopic (exact) mass is 301 g/mol. The fourth-order valence-corrected chi connectivity index (χ4v) is 2.97.